The van der Waals surface area contributed by atoms with Crippen molar-refractivity contribution in [3.05, 3.63) is 157 Å². The minimum atomic E-state index is 0. The van der Waals surface area contributed by atoms with Crippen LogP contribution in [0.1, 0.15) is 50.7 Å². The number of benzene rings is 2. The maximum absolute atomic E-state index is 4.58. The molecule has 0 radical (unpaired) electrons. The summed E-state index contributed by atoms with van der Waals surface area (Å²) in [6.07, 6.45) is 14.5. The van der Waals surface area contributed by atoms with E-state index < -0.39 is 0 Å². The molecule has 0 spiro atoms. The van der Waals surface area contributed by atoms with Gasteiger partial charge in [-0.15, -0.1) is 56.9 Å². The number of pyridine rings is 4. The first-order valence-corrected chi connectivity index (χ1v) is 25.3. The number of hydrogen-bond acceptors (Lipinski definition) is 4. The topological polar surface area (TPSA) is 51.6 Å². The zero-order valence-corrected chi connectivity index (χ0v) is 37.6. The van der Waals surface area contributed by atoms with Crippen LogP contribution in [0.3, 0.4) is 0 Å². The van der Waals surface area contributed by atoms with Gasteiger partial charge in [-0.2, -0.15) is 12.1 Å². The first-order chi connectivity index (χ1) is 26.4. The van der Waals surface area contributed by atoms with E-state index in [1.54, 1.807) is 23.3 Å². The van der Waals surface area contributed by atoms with Crippen molar-refractivity contribution in [1.29, 1.82) is 0 Å². The van der Waals surface area contributed by atoms with Crippen molar-refractivity contribution in [2.45, 2.75) is 65.5 Å². The number of aromatic nitrogens is 4. The molecule has 4 heterocycles. The van der Waals surface area contributed by atoms with Crippen molar-refractivity contribution in [3.8, 4) is 45.0 Å². The molecule has 0 amide bonds. The zero-order valence-electron chi connectivity index (χ0n) is 32.6. The Hall–Kier alpha value is -4.06. The number of aryl methyl sites for hydroxylation is 2. The van der Waals surface area contributed by atoms with E-state index in [0.717, 1.165) is 46.7 Å². The fourth-order valence-corrected chi connectivity index (χ4v) is 6.65. The van der Waals surface area contributed by atoms with Gasteiger partial charge in [0.25, 0.3) is 0 Å². The molecule has 0 aliphatic carbocycles. The number of unbranched alkanes of at least 4 members (excludes halogenated alkanes) is 2. The third-order valence-corrected chi connectivity index (χ3v) is 9.21. The molecule has 56 heavy (non-hydrogen) atoms. The van der Waals surface area contributed by atoms with E-state index >= 15 is 0 Å². The third-order valence-electron chi connectivity index (χ3n) is 9.21. The molecule has 4 nitrogen and oxygen atoms in total. The molecule has 0 saturated carbocycles. The summed E-state index contributed by atoms with van der Waals surface area (Å²) in [4.78, 5) is 18.2. The Kier molecular flexibility index (Phi) is 18.0. The van der Waals surface area contributed by atoms with E-state index in [0.29, 0.717) is 0 Å². The molecule has 4 aromatic heterocycles. The van der Waals surface area contributed by atoms with Crippen LogP contribution in [0.5, 0.6) is 0 Å². The summed E-state index contributed by atoms with van der Waals surface area (Å²) in [7, 11) is 0. The molecule has 0 bridgehead atoms. The molecule has 4 aromatic carbocycles. The molecule has 8 heteroatoms. The van der Waals surface area contributed by atoms with Crippen molar-refractivity contribution >= 4 is 27.0 Å². The minimum absolute atomic E-state index is 0. The van der Waals surface area contributed by atoms with Crippen LogP contribution in [0.15, 0.2) is 146 Å². The van der Waals surface area contributed by atoms with E-state index in [2.05, 4.69) is 120 Å². The van der Waals surface area contributed by atoms with Crippen LogP contribution < -0.4 is 24.8 Å². The van der Waals surface area contributed by atoms with Crippen LogP contribution in [-0.4, -0.2) is 25.4 Å². The largest absolute Gasteiger partial charge is 1.00 e. The first kappa shape index (κ1) is 44.7. The summed E-state index contributed by atoms with van der Waals surface area (Å²) in [6.45, 7) is 9.09. The Morgan fingerprint density at radius 1 is 0.500 bits per heavy atom. The molecule has 8 aromatic rings. The normalized spacial score (nSPS) is 10.4. The van der Waals surface area contributed by atoms with Gasteiger partial charge in [0, 0.05) is 24.8 Å². The van der Waals surface area contributed by atoms with Crippen molar-refractivity contribution in [3.63, 3.8) is 0 Å². The van der Waals surface area contributed by atoms with Gasteiger partial charge in [-0.3, -0.25) is 19.9 Å². The van der Waals surface area contributed by atoms with Gasteiger partial charge in [-0.05, 0) is 83.6 Å². The molecule has 0 aliphatic rings. The van der Waals surface area contributed by atoms with Crippen molar-refractivity contribution in [2.24, 2.45) is 0 Å². The minimum Gasteiger partial charge on any atom is -1.00 e. The molecule has 0 aliphatic heterocycles. The van der Waals surface area contributed by atoms with E-state index in [1.807, 2.05) is 73.3 Å². The maximum atomic E-state index is 4.58. The summed E-state index contributed by atoms with van der Waals surface area (Å²) < 4.78 is 0. The number of nitrogens with zero attached hydrogens (tertiary/aromatic N) is 4. The van der Waals surface area contributed by atoms with Gasteiger partial charge in [0.05, 0.1) is 22.8 Å². The van der Waals surface area contributed by atoms with Gasteiger partial charge in [0.15, 0.2) is 0 Å². The van der Waals surface area contributed by atoms with Gasteiger partial charge < -0.3 is 24.8 Å². The van der Waals surface area contributed by atoms with Crippen molar-refractivity contribution < 1.29 is 48.1 Å². The molecular weight excluding hydrogens is 823 g/mol. The molecule has 0 unspecified atom stereocenters. The summed E-state index contributed by atoms with van der Waals surface area (Å²) in [5.74, 6) is 0. The van der Waals surface area contributed by atoms with Crippen LogP contribution in [0.25, 0.3) is 66.6 Å². The summed E-state index contributed by atoms with van der Waals surface area (Å²) in [5, 5.41) is 5.11. The summed E-state index contributed by atoms with van der Waals surface area (Å²) in [6, 6.07) is 42.5. The van der Waals surface area contributed by atoms with E-state index in [9.17, 15) is 0 Å². The standard InChI is InChI=1S/2C23H21N2.C2H6Si.2ClH.Zr/c2*1-2-3-8-17-13-18-15-19(22-9-4-6-11-24-22)16-21(20(18)14-17)23-10-5-7-12-25-23;1-3-2;;;/h2*4-7,9-16H,2-3,8H2,1H3;1-2H3;2*1H;/q2*-1;;;;+2/p-2. The molecular formula is C48H48Cl2N4SiZr-2. The second kappa shape index (κ2) is 22.6. The van der Waals surface area contributed by atoms with Crippen molar-refractivity contribution in [2.75, 3.05) is 0 Å². The smallest absolute Gasteiger partial charge is 1.00 e. The van der Waals surface area contributed by atoms with Gasteiger partial charge >= 0.3 is 41.9 Å². The first-order valence-electron chi connectivity index (χ1n) is 19.1. The molecule has 8 rings (SSSR count). The maximum Gasteiger partial charge on any atom is -1.00 e. The van der Waals surface area contributed by atoms with Crippen LogP contribution in [0.4, 0.5) is 0 Å². The number of fused-ring (bicyclic) bond motifs is 2. The Balaban J connectivity index is 0.000000220. The predicted molar refractivity (Wildman–Crippen MR) is 227 cm³/mol. The molecule has 0 atom stereocenters. The van der Waals surface area contributed by atoms with Gasteiger partial charge in [-0.25, -0.2) is 0 Å². The molecule has 0 saturated heterocycles. The summed E-state index contributed by atoms with van der Waals surface area (Å²) in [5.41, 5.74) is 11.7. The van der Waals surface area contributed by atoms with Gasteiger partial charge in [0.2, 0.25) is 0 Å². The molecule has 0 fully saturated rings. The van der Waals surface area contributed by atoms with E-state index in [1.165, 1.54) is 69.5 Å². The van der Waals surface area contributed by atoms with Gasteiger partial charge in [0.1, 0.15) is 0 Å². The number of hydrogen-bond donors (Lipinski definition) is 0. The fraction of sp³-hybridized carbons (Fsp3) is 0.208. The quantitative estimate of drug-likeness (QED) is 0.112. The van der Waals surface area contributed by atoms with Crippen LogP contribution in [0.2, 0.25) is 13.1 Å². The molecule has 284 valence electrons. The third kappa shape index (κ3) is 12.0. The Labute approximate surface area is 360 Å². The Bertz CT molecular complexity index is 2230. The predicted octanol–water partition coefficient (Wildman–Crippen LogP) is 6.84. The second-order valence-electron chi connectivity index (χ2n) is 13.8. The van der Waals surface area contributed by atoms with E-state index in [4.69, 9.17) is 0 Å². The van der Waals surface area contributed by atoms with E-state index in [-0.39, 0.29) is 30.2 Å². The average Bonchev–Trinajstić information content (AvgIpc) is 3.83. The SMILES string of the molecule is CCCCc1cc2c(-c3ccccn3)cc(-c3ccccn3)cc2[cH-]1.CCCCc1cc2c(-c3ccccn3)cc(-c3ccccn3)cc2[cH-]1.C[Si](C)=[Zr+2].[Cl-].[Cl-]. The van der Waals surface area contributed by atoms with Crippen LogP contribution in [-0.2, 0) is 36.2 Å². The van der Waals surface area contributed by atoms with Crippen LogP contribution in [0, 0.1) is 0 Å². The molecule has 0 N–H and O–H groups in total. The fourth-order valence-electron chi connectivity index (χ4n) is 6.65. The second-order valence-corrected chi connectivity index (χ2v) is 23.2. The van der Waals surface area contributed by atoms with Gasteiger partial charge in [-0.1, -0.05) is 75.9 Å². The Morgan fingerprint density at radius 3 is 1.14 bits per heavy atom. The number of halogens is 2. The summed E-state index contributed by atoms with van der Waals surface area (Å²) >= 11 is 1.74. The average molecular weight is 871 g/mol. The monoisotopic (exact) mass is 868 g/mol. The number of rotatable bonds is 10. The van der Waals surface area contributed by atoms with Crippen molar-refractivity contribution in [1.82, 2.24) is 19.9 Å². The van der Waals surface area contributed by atoms with Crippen LogP contribution >= 0.6 is 0 Å². The zero-order chi connectivity index (χ0) is 37.7. The Morgan fingerprint density at radius 2 is 0.839 bits per heavy atom.